The predicted octanol–water partition coefficient (Wildman–Crippen LogP) is 10.6. The van der Waals surface area contributed by atoms with Crippen LogP contribution in [-0.4, -0.2) is 3.21 Å². The van der Waals surface area contributed by atoms with Gasteiger partial charge in [0.05, 0.1) is 0 Å². The molecule has 7 aromatic rings. The SMILES string of the molecule is CC(C)(C)c1cc2[cH-]c3cc(C(C)(C)C)c(C(C)(C)C)cc3c2cc1C(C)(C)C.Clc1cccc2c([C](=[Zr+2])c3cccc4c(Cl)cccc34)cccc12.[C-]1=CC=CC1.[Cl-].[Cl-]. The summed E-state index contributed by atoms with van der Waals surface area (Å²) in [6, 6.07) is 37.1. The van der Waals surface area contributed by atoms with Crippen molar-refractivity contribution in [1.29, 1.82) is 0 Å². The van der Waals surface area contributed by atoms with E-state index in [0.717, 1.165) is 27.2 Å². The van der Waals surface area contributed by atoms with Gasteiger partial charge in [0, 0.05) is 0 Å². The first-order valence-corrected chi connectivity index (χ1v) is 22.4. The minimum absolute atomic E-state index is 0. The summed E-state index contributed by atoms with van der Waals surface area (Å²) in [6.45, 7) is 28.0. The molecule has 312 valence electrons. The first kappa shape index (κ1) is 49.8. The van der Waals surface area contributed by atoms with Gasteiger partial charge in [-0.1, -0.05) is 117 Å². The summed E-state index contributed by atoms with van der Waals surface area (Å²) < 4.78 is 1.31. The topological polar surface area (TPSA) is 0 Å². The van der Waals surface area contributed by atoms with Gasteiger partial charge in [-0.25, -0.2) is 12.2 Å². The fraction of sp³-hybridized carbons (Fsp3) is 0.309. The van der Waals surface area contributed by atoms with E-state index in [-0.39, 0.29) is 46.5 Å². The first-order valence-electron chi connectivity index (χ1n) is 20.5. The van der Waals surface area contributed by atoms with Crippen LogP contribution in [0.3, 0.4) is 0 Å². The van der Waals surface area contributed by atoms with Crippen LogP contribution in [0.15, 0.2) is 121 Å². The van der Waals surface area contributed by atoms with Crippen molar-refractivity contribution in [2.75, 3.05) is 0 Å². The van der Waals surface area contributed by atoms with Gasteiger partial charge in [0.2, 0.25) is 0 Å². The third-order valence-corrected chi connectivity index (χ3v) is 13.1. The molecule has 0 saturated heterocycles. The molecular formula is C55H58Cl4Zr-2. The summed E-state index contributed by atoms with van der Waals surface area (Å²) in [4.78, 5) is 0. The van der Waals surface area contributed by atoms with E-state index in [0.29, 0.717) is 0 Å². The molecule has 0 heterocycles. The Bertz CT molecular complexity index is 2530. The van der Waals surface area contributed by atoms with Crippen molar-refractivity contribution in [1.82, 2.24) is 0 Å². The van der Waals surface area contributed by atoms with E-state index in [1.165, 1.54) is 93.1 Å². The molecule has 0 bridgehead atoms. The molecule has 1 aliphatic carbocycles. The molecule has 0 N–H and O–H groups in total. The molecule has 0 unspecified atom stereocenters. The molecule has 0 spiro atoms. The van der Waals surface area contributed by atoms with Crippen LogP contribution in [0.4, 0.5) is 0 Å². The zero-order valence-electron chi connectivity index (χ0n) is 37.3. The largest absolute Gasteiger partial charge is 1.00 e. The number of halogens is 4. The minimum Gasteiger partial charge on any atom is -1.00 e. The standard InChI is InChI=1S/C29H41.C21H12Cl2.C5H5.2ClH.Zr/c1-26(2,3)22-14-18-13-19-15-23(27(4,5)6)25(29(10,11)12)17-21(19)20(18)16-24(22)28(7,8)9;22-20-11-3-7-16-14(5-1-9-18(16)20)13-15-6-2-10-19-17(15)8-4-12-21(19)23;1-2-4-5-3-1;;;/h13-17H,1-12H3;1-12H;1-3H,4H2;2*1H;/q-1;;-1;;;+2/p-2. The Morgan fingerprint density at radius 1 is 0.500 bits per heavy atom. The van der Waals surface area contributed by atoms with Gasteiger partial charge >= 0.3 is 166 Å². The summed E-state index contributed by atoms with van der Waals surface area (Å²) >= 11 is 14.1. The minimum atomic E-state index is 0. The van der Waals surface area contributed by atoms with Crippen LogP contribution in [0.25, 0.3) is 43.1 Å². The van der Waals surface area contributed by atoms with Crippen molar-refractivity contribution >= 4 is 69.5 Å². The van der Waals surface area contributed by atoms with Gasteiger partial charge in [0.25, 0.3) is 0 Å². The molecule has 0 nitrogen and oxygen atoms in total. The van der Waals surface area contributed by atoms with Crippen molar-refractivity contribution in [2.45, 2.75) is 111 Å². The fourth-order valence-electron chi connectivity index (χ4n) is 8.05. The Labute approximate surface area is 397 Å². The van der Waals surface area contributed by atoms with Crippen molar-refractivity contribution in [3.05, 3.63) is 171 Å². The molecule has 5 heteroatoms. The summed E-state index contributed by atoms with van der Waals surface area (Å²) in [5.41, 5.74) is 8.88. The fourth-order valence-corrected chi connectivity index (χ4v) is 9.60. The Hall–Kier alpha value is -2.90. The number of fused-ring (bicyclic) bond motifs is 5. The Morgan fingerprint density at radius 2 is 0.850 bits per heavy atom. The van der Waals surface area contributed by atoms with Gasteiger partial charge in [-0.3, -0.25) is 6.08 Å². The van der Waals surface area contributed by atoms with E-state index in [1.807, 2.05) is 36.4 Å². The summed E-state index contributed by atoms with van der Waals surface area (Å²) in [7, 11) is 0. The van der Waals surface area contributed by atoms with Crippen LogP contribution in [0, 0.1) is 6.08 Å². The summed E-state index contributed by atoms with van der Waals surface area (Å²) in [6.07, 6.45) is 10.0. The number of hydrogen-bond donors (Lipinski definition) is 0. The first-order chi connectivity index (χ1) is 27.1. The number of allylic oxidation sites excluding steroid dienone is 4. The number of rotatable bonds is 2. The van der Waals surface area contributed by atoms with E-state index in [1.54, 1.807) is 0 Å². The van der Waals surface area contributed by atoms with Gasteiger partial charge in [-0.05, 0) is 21.7 Å². The van der Waals surface area contributed by atoms with Crippen LogP contribution in [-0.2, 0) is 45.9 Å². The smallest absolute Gasteiger partial charge is 0.109 e. The molecular weight excluding hydrogens is 894 g/mol. The van der Waals surface area contributed by atoms with E-state index in [2.05, 4.69) is 174 Å². The monoisotopic (exact) mass is 948 g/mol. The summed E-state index contributed by atoms with van der Waals surface area (Å²) in [5, 5.41) is 11.7. The quantitative estimate of drug-likeness (QED) is 0.152. The Kier molecular flexibility index (Phi) is 16.0. The van der Waals surface area contributed by atoms with Gasteiger partial charge in [-0.2, -0.15) is 6.08 Å². The maximum absolute atomic E-state index is 6.38. The predicted molar refractivity (Wildman–Crippen MR) is 255 cm³/mol. The second-order valence-electron chi connectivity index (χ2n) is 19.8. The molecule has 0 aromatic heterocycles. The second kappa shape index (κ2) is 19.2. The average molecular weight is 952 g/mol. The van der Waals surface area contributed by atoms with Crippen molar-refractivity contribution in [3.8, 4) is 0 Å². The average Bonchev–Trinajstić information content (AvgIpc) is 3.84. The molecule has 0 aliphatic heterocycles. The third kappa shape index (κ3) is 10.8. The van der Waals surface area contributed by atoms with Gasteiger partial charge < -0.3 is 24.8 Å². The van der Waals surface area contributed by atoms with Gasteiger partial charge in [0.1, 0.15) is 0 Å². The van der Waals surface area contributed by atoms with E-state index in [4.69, 9.17) is 23.2 Å². The zero-order chi connectivity index (χ0) is 42.4. The van der Waals surface area contributed by atoms with E-state index in [9.17, 15) is 0 Å². The molecule has 0 saturated carbocycles. The van der Waals surface area contributed by atoms with Gasteiger partial charge in [0.15, 0.2) is 0 Å². The van der Waals surface area contributed by atoms with Crippen molar-refractivity contribution < 1.29 is 49.0 Å². The molecule has 0 atom stereocenters. The molecule has 8 rings (SSSR count). The van der Waals surface area contributed by atoms with Crippen LogP contribution < -0.4 is 24.8 Å². The van der Waals surface area contributed by atoms with E-state index < -0.39 is 0 Å². The van der Waals surface area contributed by atoms with Crippen LogP contribution >= 0.6 is 23.2 Å². The summed E-state index contributed by atoms with van der Waals surface area (Å²) in [5.74, 6) is 0. The van der Waals surface area contributed by atoms with Gasteiger partial charge in [-0.15, -0.1) is 46.2 Å². The van der Waals surface area contributed by atoms with Crippen molar-refractivity contribution in [3.63, 3.8) is 0 Å². The maximum Gasteiger partial charge on any atom is -0.109 e. The van der Waals surface area contributed by atoms with Crippen LogP contribution in [0.1, 0.15) is 123 Å². The number of hydrogen-bond acceptors (Lipinski definition) is 0. The number of benzene rings is 6. The van der Waals surface area contributed by atoms with Crippen LogP contribution in [0.5, 0.6) is 0 Å². The Balaban J connectivity index is 0.000000232. The zero-order valence-corrected chi connectivity index (χ0v) is 42.7. The van der Waals surface area contributed by atoms with Crippen LogP contribution in [0.2, 0.25) is 10.0 Å². The molecule has 60 heavy (non-hydrogen) atoms. The third-order valence-electron chi connectivity index (χ3n) is 11.1. The molecule has 0 amide bonds. The van der Waals surface area contributed by atoms with Crippen molar-refractivity contribution in [2.24, 2.45) is 0 Å². The molecule has 1 aliphatic rings. The second-order valence-corrected chi connectivity index (χ2v) is 21.8. The molecule has 7 aromatic carbocycles. The molecule has 0 fully saturated rings. The maximum atomic E-state index is 6.38. The Morgan fingerprint density at radius 3 is 1.17 bits per heavy atom. The normalized spacial score (nSPS) is 12.8. The molecule has 0 radical (unpaired) electrons. The van der Waals surface area contributed by atoms with E-state index >= 15 is 0 Å².